The standard InChI is InChI=1S/C16H29N5/c1-4-9-21-14(17-13-19-21)10-20-12-15(2,3)18-11-16(20)7-5-6-8-16/h13,18H,4-12H2,1-3H3. The molecule has 1 aromatic heterocycles. The molecular weight excluding hydrogens is 262 g/mol. The van der Waals surface area contributed by atoms with Crippen LogP contribution >= 0.6 is 0 Å². The van der Waals surface area contributed by atoms with Crippen LogP contribution in [0.15, 0.2) is 6.33 Å². The highest BCUT2D eigenvalue weighted by molar-refractivity contribution is 5.06. The van der Waals surface area contributed by atoms with Crippen molar-refractivity contribution in [3.63, 3.8) is 0 Å². The predicted molar refractivity (Wildman–Crippen MR) is 84.0 cm³/mol. The molecule has 1 N–H and O–H groups in total. The van der Waals surface area contributed by atoms with E-state index in [0.717, 1.165) is 38.4 Å². The monoisotopic (exact) mass is 291 g/mol. The Morgan fingerprint density at radius 1 is 1.29 bits per heavy atom. The molecule has 3 rings (SSSR count). The van der Waals surface area contributed by atoms with Crippen LogP contribution in [0.2, 0.25) is 0 Å². The molecule has 21 heavy (non-hydrogen) atoms. The number of hydrogen-bond acceptors (Lipinski definition) is 4. The van der Waals surface area contributed by atoms with Crippen molar-refractivity contribution in [1.29, 1.82) is 0 Å². The second-order valence-electron chi connectivity index (χ2n) is 7.42. The van der Waals surface area contributed by atoms with E-state index in [1.165, 1.54) is 25.7 Å². The minimum Gasteiger partial charge on any atom is -0.309 e. The summed E-state index contributed by atoms with van der Waals surface area (Å²) in [6.07, 6.45) is 8.17. The highest BCUT2D eigenvalue weighted by atomic mass is 15.4. The number of piperazine rings is 1. The lowest BCUT2D eigenvalue weighted by atomic mass is 9.87. The van der Waals surface area contributed by atoms with Gasteiger partial charge < -0.3 is 5.32 Å². The molecule has 5 nitrogen and oxygen atoms in total. The van der Waals surface area contributed by atoms with Gasteiger partial charge in [-0.2, -0.15) is 5.10 Å². The van der Waals surface area contributed by atoms with Gasteiger partial charge in [-0.05, 0) is 33.1 Å². The second-order valence-corrected chi connectivity index (χ2v) is 7.42. The van der Waals surface area contributed by atoms with Gasteiger partial charge in [0.1, 0.15) is 12.2 Å². The van der Waals surface area contributed by atoms with Crippen LogP contribution < -0.4 is 5.32 Å². The second kappa shape index (κ2) is 5.69. The minimum atomic E-state index is 0.184. The number of aryl methyl sites for hydroxylation is 1. The van der Waals surface area contributed by atoms with E-state index in [-0.39, 0.29) is 5.54 Å². The number of nitrogens with zero attached hydrogens (tertiary/aromatic N) is 4. The number of hydrogen-bond donors (Lipinski definition) is 1. The first-order valence-electron chi connectivity index (χ1n) is 8.41. The zero-order valence-corrected chi connectivity index (χ0v) is 13.7. The minimum absolute atomic E-state index is 0.184. The maximum atomic E-state index is 4.52. The number of nitrogens with one attached hydrogen (secondary N) is 1. The van der Waals surface area contributed by atoms with Crippen molar-refractivity contribution in [3.05, 3.63) is 12.2 Å². The SMILES string of the molecule is CCCn1ncnc1CN1CC(C)(C)NCC12CCCC2. The van der Waals surface area contributed by atoms with Crippen LogP contribution in [-0.2, 0) is 13.1 Å². The van der Waals surface area contributed by atoms with Gasteiger partial charge in [-0.1, -0.05) is 19.8 Å². The Morgan fingerprint density at radius 2 is 2.05 bits per heavy atom. The molecule has 2 heterocycles. The number of rotatable bonds is 4. The summed E-state index contributed by atoms with van der Waals surface area (Å²) in [5.41, 5.74) is 0.530. The molecule has 0 amide bonds. The highest BCUT2D eigenvalue weighted by Crippen LogP contribution is 2.39. The lowest BCUT2D eigenvalue weighted by Gasteiger charge is -2.51. The Bertz CT molecular complexity index is 473. The topological polar surface area (TPSA) is 46.0 Å². The first-order chi connectivity index (χ1) is 10.0. The average Bonchev–Trinajstić information content (AvgIpc) is 3.06. The maximum absolute atomic E-state index is 4.52. The van der Waals surface area contributed by atoms with Gasteiger partial charge in [-0.25, -0.2) is 9.67 Å². The molecule has 5 heteroatoms. The van der Waals surface area contributed by atoms with Gasteiger partial charge in [0.15, 0.2) is 0 Å². The van der Waals surface area contributed by atoms with Crippen molar-refractivity contribution in [1.82, 2.24) is 25.0 Å². The van der Waals surface area contributed by atoms with Gasteiger partial charge in [-0.15, -0.1) is 0 Å². The van der Waals surface area contributed by atoms with Crippen LogP contribution in [0.3, 0.4) is 0 Å². The van der Waals surface area contributed by atoms with Gasteiger partial charge in [0.05, 0.1) is 6.54 Å². The van der Waals surface area contributed by atoms with Crippen LogP contribution in [0.5, 0.6) is 0 Å². The summed E-state index contributed by atoms with van der Waals surface area (Å²) in [5.74, 6) is 1.13. The summed E-state index contributed by atoms with van der Waals surface area (Å²) in [4.78, 5) is 7.21. The summed E-state index contributed by atoms with van der Waals surface area (Å²) in [5, 5.41) is 8.14. The van der Waals surface area contributed by atoms with Crippen molar-refractivity contribution < 1.29 is 0 Å². The van der Waals surface area contributed by atoms with Gasteiger partial charge in [0.2, 0.25) is 0 Å². The lowest BCUT2D eigenvalue weighted by Crippen LogP contribution is -2.67. The van der Waals surface area contributed by atoms with Crippen LogP contribution in [0, 0.1) is 0 Å². The fraction of sp³-hybridized carbons (Fsp3) is 0.875. The Hall–Kier alpha value is -0.940. The molecular formula is C16H29N5. The van der Waals surface area contributed by atoms with Gasteiger partial charge in [0, 0.05) is 30.7 Å². The van der Waals surface area contributed by atoms with E-state index in [1.54, 1.807) is 6.33 Å². The first-order valence-corrected chi connectivity index (χ1v) is 8.41. The molecule has 0 radical (unpaired) electrons. The Labute approximate surface area is 128 Å². The quantitative estimate of drug-likeness (QED) is 0.923. The molecule has 1 aromatic rings. The Balaban J connectivity index is 1.80. The Morgan fingerprint density at radius 3 is 2.76 bits per heavy atom. The third kappa shape index (κ3) is 2.99. The molecule has 0 aromatic carbocycles. The first kappa shape index (κ1) is 15.0. The van der Waals surface area contributed by atoms with Crippen LogP contribution in [0.4, 0.5) is 0 Å². The summed E-state index contributed by atoms with van der Waals surface area (Å²) < 4.78 is 2.08. The smallest absolute Gasteiger partial charge is 0.141 e. The molecule has 1 aliphatic heterocycles. The molecule has 0 unspecified atom stereocenters. The summed E-state index contributed by atoms with van der Waals surface area (Å²) in [6.45, 7) is 10.9. The average molecular weight is 291 g/mol. The van der Waals surface area contributed by atoms with Gasteiger partial charge >= 0.3 is 0 Å². The van der Waals surface area contributed by atoms with E-state index in [2.05, 4.69) is 45.8 Å². The van der Waals surface area contributed by atoms with Gasteiger partial charge in [-0.3, -0.25) is 4.90 Å². The third-order valence-electron chi connectivity index (χ3n) is 5.15. The van der Waals surface area contributed by atoms with Crippen LogP contribution in [-0.4, -0.2) is 43.8 Å². The molecule has 1 saturated carbocycles. The Kier molecular flexibility index (Phi) is 4.06. The van der Waals surface area contributed by atoms with E-state index in [9.17, 15) is 0 Å². The molecule has 0 bridgehead atoms. The zero-order valence-electron chi connectivity index (χ0n) is 13.7. The van der Waals surface area contributed by atoms with Crippen molar-refractivity contribution >= 4 is 0 Å². The van der Waals surface area contributed by atoms with Crippen LogP contribution in [0.25, 0.3) is 0 Å². The van der Waals surface area contributed by atoms with Crippen LogP contribution in [0.1, 0.15) is 58.7 Å². The fourth-order valence-corrected chi connectivity index (χ4v) is 3.95. The predicted octanol–water partition coefficient (Wildman–Crippen LogP) is 2.18. The maximum Gasteiger partial charge on any atom is 0.141 e. The summed E-state index contributed by atoms with van der Waals surface area (Å²) >= 11 is 0. The molecule has 2 aliphatic rings. The van der Waals surface area contributed by atoms with E-state index in [4.69, 9.17) is 0 Å². The molecule has 1 spiro atoms. The van der Waals surface area contributed by atoms with Gasteiger partial charge in [0.25, 0.3) is 0 Å². The van der Waals surface area contributed by atoms with Crippen molar-refractivity contribution in [2.75, 3.05) is 13.1 Å². The third-order valence-corrected chi connectivity index (χ3v) is 5.15. The molecule has 0 atom stereocenters. The summed E-state index contributed by atoms with van der Waals surface area (Å²) in [7, 11) is 0. The highest BCUT2D eigenvalue weighted by Gasteiger charge is 2.45. The molecule has 118 valence electrons. The van der Waals surface area contributed by atoms with E-state index in [0.29, 0.717) is 5.54 Å². The van der Waals surface area contributed by atoms with E-state index in [1.807, 2.05) is 0 Å². The molecule has 1 aliphatic carbocycles. The fourth-order valence-electron chi connectivity index (χ4n) is 3.95. The lowest BCUT2D eigenvalue weighted by molar-refractivity contribution is 0.00928. The van der Waals surface area contributed by atoms with Crippen molar-refractivity contribution in [2.45, 2.75) is 77.0 Å². The van der Waals surface area contributed by atoms with Crippen molar-refractivity contribution in [3.8, 4) is 0 Å². The molecule has 2 fully saturated rings. The summed E-state index contributed by atoms with van der Waals surface area (Å²) in [6, 6.07) is 0. The largest absolute Gasteiger partial charge is 0.309 e. The van der Waals surface area contributed by atoms with E-state index >= 15 is 0 Å². The normalized spacial score (nSPS) is 24.7. The zero-order chi connectivity index (χ0) is 14.9. The molecule has 1 saturated heterocycles. The number of aromatic nitrogens is 3. The van der Waals surface area contributed by atoms with Crippen molar-refractivity contribution in [2.24, 2.45) is 0 Å². The van der Waals surface area contributed by atoms with E-state index < -0.39 is 0 Å².